The van der Waals surface area contributed by atoms with Crippen molar-refractivity contribution in [2.75, 3.05) is 51.1 Å². The monoisotopic (exact) mass is 356 g/mol. The number of amides is 1. The Balaban J connectivity index is 2.78. The quantitative estimate of drug-likeness (QED) is 0.549. The van der Waals surface area contributed by atoms with Crippen LogP contribution in [0.1, 0.15) is 13.3 Å². The molecule has 10 heteroatoms. The summed E-state index contributed by atoms with van der Waals surface area (Å²) in [6, 6.07) is -0.369. The SMILES string of the molecule is CCN(C(=O)CN(CCOC)S(C)(=O)=O)C1CCS(=O)(=O)C1. The molecule has 1 aliphatic heterocycles. The van der Waals surface area contributed by atoms with Gasteiger partial charge < -0.3 is 9.64 Å². The summed E-state index contributed by atoms with van der Waals surface area (Å²) in [5.74, 6) is -0.365. The van der Waals surface area contributed by atoms with Crippen LogP contribution in [0, 0.1) is 0 Å². The van der Waals surface area contributed by atoms with Gasteiger partial charge in [0.1, 0.15) is 0 Å². The van der Waals surface area contributed by atoms with Gasteiger partial charge >= 0.3 is 0 Å². The van der Waals surface area contributed by atoms with E-state index in [1.165, 1.54) is 12.0 Å². The van der Waals surface area contributed by atoms with Crippen LogP contribution in [0.4, 0.5) is 0 Å². The van der Waals surface area contributed by atoms with Crippen molar-refractivity contribution in [2.45, 2.75) is 19.4 Å². The van der Waals surface area contributed by atoms with Crippen LogP contribution in [0.15, 0.2) is 0 Å². The van der Waals surface area contributed by atoms with Gasteiger partial charge in [-0.3, -0.25) is 4.79 Å². The van der Waals surface area contributed by atoms with E-state index in [1.54, 1.807) is 6.92 Å². The summed E-state index contributed by atoms with van der Waals surface area (Å²) >= 11 is 0. The fourth-order valence-corrected chi connectivity index (χ4v) is 4.94. The Hall–Kier alpha value is -0.710. The molecule has 0 saturated carbocycles. The Kier molecular flexibility index (Phi) is 6.78. The Labute approximate surface area is 132 Å². The van der Waals surface area contributed by atoms with Crippen molar-refractivity contribution in [3.05, 3.63) is 0 Å². The third kappa shape index (κ3) is 5.49. The Morgan fingerprint density at radius 3 is 2.41 bits per heavy atom. The van der Waals surface area contributed by atoms with Crippen LogP contribution in [0.3, 0.4) is 0 Å². The number of hydrogen-bond acceptors (Lipinski definition) is 6. The van der Waals surface area contributed by atoms with Crippen molar-refractivity contribution in [3.8, 4) is 0 Å². The lowest BCUT2D eigenvalue weighted by atomic mass is 10.2. The summed E-state index contributed by atoms with van der Waals surface area (Å²) in [5, 5.41) is 0. The molecule has 1 atom stereocenters. The number of carbonyl (C=O) groups excluding carboxylic acids is 1. The van der Waals surface area contributed by atoms with Crippen LogP contribution in [0.25, 0.3) is 0 Å². The molecular formula is C12H24N2O6S2. The number of likely N-dealkylation sites (N-methyl/N-ethyl adjacent to an activating group) is 1. The highest BCUT2D eigenvalue weighted by molar-refractivity contribution is 7.91. The Bertz CT molecular complexity index is 587. The molecule has 1 saturated heterocycles. The van der Waals surface area contributed by atoms with Gasteiger partial charge in [-0.25, -0.2) is 16.8 Å². The number of sulfone groups is 1. The number of hydrogen-bond donors (Lipinski definition) is 0. The van der Waals surface area contributed by atoms with Gasteiger partial charge in [0.25, 0.3) is 0 Å². The second kappa shape index (κ2) is 7.71. The Morgan fingerprint density at radius 1 is 1.36 bits per heavy atom. The maximum atomic E-state index is 12.4. The minimum absolute atomic E-state index is 0.0521. The maximum absolute atomic E-state index is 12.4. The molecule has 1 heterocycles. The largest absolute Gasteiger partial charge is 0.383 e. The number of carbonyl (C=O) groups is 1. The van der Waals surface area contributed by atoms with Crippen molar-refractivity contribution in [1.29, 1.82) is 0 Å². The molecule has 8 nitrogen and oxygen atoms in total. The lowest BCUT2D eigenvalue weighted by molar-refractivity contribution is -0.133. The summed E-state index contributed by atoms with van der Waals surface area (Å²) in [5.41, 5.74) is 0. The minimum Gasteiger partial charge on any atom is -0.383 e. The molecule has 0 spiro atoms. The minimum atomic E-state index is -3.53. The van der Waals surface area contributed by atoms with E-state index in [1.807, 2.05) is 0 Å². The number of ether oxygens (including phenoxy) is 1. The summed E-state index contributed by atoms with van der Waals surface area (Å²) in [6.07, 6.45) is 1.44. The number of rotatable bonds is 8. The predicted octanol–water partition coefficient (Wildman–Crippen LogP) is -1.07. The van der Waals surface area contributed by atoms with Gasteiger partial charge in [0.15, 0.2) is 9.84 Å². The molecule has 1 rings (SSSR count). The van der Waals surface area contributed by atoms with Gasteiger partial charge in [0.05, 0.1) is 30.9 Å². The highest BCUT2D eigenvalue weighted by Gasteiger charge is 2.34. The summed E-state index contributed by atoms with van der Waals surface area (Å²) in [4.78, 5) is 13.8. The summed E-state index contributed by atoms with van der Waals surface area (Å²) < 4.78 is 52.4. The van der Waals surface area contributed by atoms with E-state index in [4.69, 9.17) is 4.74 Å². The average molecular weight is 356 g/mol. The molecule has 0 aromatic carbocycles. The van der Waals surface area contributed by atoms with Gasteiger partial charge in [0, 0.05) is 26.2 Å². The average Bonchev–Trinajstić information content (AvgIpc) is 2.74. The lowest BCUT2D eigenvalue weighted by Crippen LogP contribution is -2.47. The van der Waals surface area contributed by atoms with Gasteiger partial charge in [-0.05, 0) is 13.3 Å². The molecule has 0 aliphatic carbocycles. The van der Waals surface area contributed by atoms with Gasteiger partial charge in [0.2, 0.25) is 15.9 Å². The zero-order chi connectivity index (χ0) is 17.0. The smallest absolute Gasteiger partial charge is 0.238 e. The van der Waals surface area contributed by atoms with Gasteiger partial charge in [-0.15, -0.1) is 0 Å². The van der Waals surface area contributed by atoms with Crippen molar-refractivity contribution in [2.24, 2.45) is 0 Å². The molecule has 22 heavy (non-hydrogen) atoms. The third-order valence-electron chi connectivity index (χ3n) is 3.64. The van der Waals surface area contributed by atoms with Gasteiger partial charge in [-0.2, -0.15) is 4.31 Å². The molecule has 0 aromatic heterocycles. The second-order valence-corrected chi connectivity index (χ2v) is 9.54. The van der Waals surface area contributed by atoms with Crippen LogP contribution in [0.5, 0.6) is 0 Å². The second-order valence-electron chi connectivity index (χ2n) is 5.33. The van der Waals surface area contributed by atoms with Crippen LogP contribution in [-0.4, -0.2) is 89.1 Å². The first kappa shape index (κ1) is 19.3. The van der Waals surface area contributed by atoms with E-state index in [2.05, 4.69) is 0 Å². The molecule has 1 fully saturated rings. The van der Waals surface area contributed by atoms with E-state index in [0.717, 1.165) is 10.6 Å². The van der Waals surface area contributed by atoms with E-state index < -0.39 is 19.9 Å². The molecule has 1 aliphatic rings. The van der Waals surface area contributed by atoms with E-state index in [9.17, 15) is 21.6 Å². The molecule has 0 bridgehead atoms. The zero-order valence-electron chi connectivity index (χ0n) is 13.2. The number of nitrogens with zero attached hydrogens (tertiary/aromatic N) is 2. The van der Waals surface area contributed by atoms with Crippen molar-refractivity contribution >= 4 is 25.8 Å². The van der Waals surface area contributed by atoms with Crippen LogP contribution in [-0.2, 0) is 29.4 Å². The fourth-order valence-electron chi connectivity index (χ4n) is 2.46. The molecule has 1 amide bonds. The predicted molar refractivity (Wildman–Crippen MR) is 82.7 cm³/mol. The normalized spacial score (nSPS) is 21.2. The van der Waals surface area contributed by atoms with Gasteiger partial charge in [-0.1, -0.05) is 0 Å². The van der Waals surface area contributed by atoms with E-state index in [0.29, 0.717) is 13.0 Å². The highest BCUT2D eigenvalue weighted by atomic mass is 32.2. The van der Waals surface area contributed by atoms with E-state index in [-0.39, 0.29) is 43.2 Å². The molecular weight excluding hydrogens is 332 g/mol. The summed E-state index contributed by atoms with van der Waals surface area (Å²) in [6.45, 7) is 2.07. The molecule has 130 valence electrons. The molecule has 0 N–H and O–H groups in total. The van der Waals surface area contributed by atoms with Crippen molar-refractivity contribution in [3.63, 3.8) is 0 Å². The third-order valence-corrected chi connectivity index (χ3v) is 6.64. The highest BCUT2D eigenvalue weighted by Crippen LogP contribution is 2.18. The lowest BCUT2D eigenvalue weighted by Gasteiger charge is -2.29. The topological polar surface area (TPSA) is 101 Å². The fraction of sp³-hybridized carbons (Fsp3) is 0.917. The first-order chi connectivity index (χ1) is 10.1. The number of sulfonamides is 1. The maximum Gasteiger partial charge on any atom is 0.238 e. The Morgan fingerprint density at radius 2 is 2.00 bits per heavy atom. The van der Waals surface area contributed by atoms with Crippen molar-refractivity contribution in [1.82, 2.24) is 9.21 Å². The van der Waals surface area contributed by atoms with Crippen LogP contribution < -0.4 is 0 Å². The molecule has 0 radical (unpaired) electrons. The molecule has 0 aromatic rings. The van der Waals surface area contributed by atoms with Crippen LogP contribution in [0.2, 0.25) is 0 Å². The summed E-state index contributed by atoms with van der Waals surface area (Å²) in [7, 11) is -5.19. The van der Waals surface area contributed by atoms with Crippen LogP contribution >= 0.6 is 0 Å². The zero-order valence-corrected chi connectivity index (χ0v) is 14.8. The standard InChI is InChI=1S/C12H24N2O6S2/c1-4-14(11-5-8-22(18,19)10-11)12(15)9-13(6-7-20-2)21(3,16)17/h11H,4-10H2,1-3H3. The van der Waals surface area contributed by atoms with Crippen molar-refractivity contribution < 1.29 is 26.4 Å². The van der Waals surface area contributed by atoms with E-state index >= 15 is 0 Å². The molecule has 1 unspecified atom stereocenters. The first-order valence-corrected chi connectivity index (χ1v) is 10.7. The number of methoxy groups -OCH3 is 1. The first-order valence-electron chi connectivity index (χ1n) is 7.04.